The van der Waals surface area contributed by atoms with Crippen molar-refractivity contribution in [1.29, 1.82) is 0 Å². The second kappa shape index (κ2) is 16.3. The van der Waals surface area contributed by atoms with Crippen LogP contribution < -0.4 is 15.3 Å². The van der Waals surface area contributed by atoms with Crippen LogP contribution in [-0.4, -0.2) is 43.1 Å². The Morgan fingerprint density at radius 2 is 1.03 bits per heavy atom. The number of benzene rings is 2. The maximum absolute atomic E-state index is 12.0. The van der Waals surface area contributed by atoms with Gasteiger partial charge in [-0.25, -0.2) is 0 Å². The van der Waals surface area contributed by atoms with E-state index in [1.165, 1.54) is 12.1 Å². The van der Waals surface area contributed by atoms with E-state index in [1.54, 1.807) is 26.0 Å². The third-order valence-electron chi connectivity index (χ3n) is 3.91. The largest absolute Gasteiger partial charge is 2.00 e. The minimum absolute atomic E-state index is 0. The van der Waals surface area contributed by atoms with Gasteiger partial charge in [0, 0.05) is 64.8 Å². The Morgan fingerprint density at radius 1 is 0.750 bits per heavy atom. The predicted octanol–water partition coefficient (Wildman–Crippen LogP) is 3.65. The van der Waals surface area contributed by atoms with E-state index in [0.717, 1.165) is 0 Å². The van der Waals surface area contributed by atoms with Crippen molar-refractivity contribution in [2.75, 3.05) is 27.2 Å². The van der Waals surface area contributed by atoms with Crippen molar-refractivity contribution in [3.63, 3.8) is 0 Å². The molecule has 0 aromatic heterocycles. The van der Waals surface area contributed by atoms with Crippen molar-refractivity contribution < 1.29 is 39.4 Å². The average Bonchev–Trinajstić information content (AvgIpc) is 2.61. The molecule has 0 amide bonds. The Morgan fingerprint density at radius 3 is 1.31 bits per heavy atom. The molecule has 2 aromatic carbocycles. The van der Waals surface area contributed by atoms with Gasteiger partial charge in [-0.1, -0.05) is 71.8 Å². The first-order valence-corrected chi connectivity index (χ1v) is 10.7. The standard InChI is InChI=1S/C18H20Cl4N2O2.C3H7O.O.V/c1-23(9-11-5-13(19)7-15(21)17(11)25)3-4-24(2)10-12-6-14(20)8-16(22)18(12)26;1-3(2)4;;/h5-8,25-26H,3-4,9-10H2,1-2H3;3H,1-2H3;;/q;-1;-2;/p-2. The van der Waals surface area contributed by atoms with Crippen LogP contribution in [0.1, 0.15) is 25.0 Å². The molecule has 0 aliphatic carbocycles. The smallest absolute Gasteiger partial charge is 0.0423 e. The van der Waals surface area contributed by atoms with E-state index in [2.05, 4.69) is 0 Å². The fourth-order valence-corrected chi connectivity index (χ4v) is 3.61. The fourth-order valence-electron chi connectivity index (χ4n) is 2.54. The van der Waals surface area contributed by atoms with Crippen LogP contribution in [0.2, 0.25) is 20.1 Å². The van der Waals surface area contributed by atoms with Crippen molar-refractivity contribution >= 4 is 46.4 Å². The molecule has 32 heavy (non-hydrogen) atoms. The Kier molecular flexibility index (Phi) is 17.2. The Bertz CT molecular complexity index is 776. The van der Waals surface area contributed by atoms with Gasteiger partial charge in [0.2, 0.25) is 0 Å². The van der Waals surface area contributed by atoms with E-state index in [0.29, 0.717) is 47.4 Å². The van der Waals surface area contributed by atoms with Gasteiger partial charge < -0.3 is 30.6 Å². The Labute approximate surface area is 221 Å². The molecule has 0 unspecified atom stereocenters. The average molecular weight is 562 g/mol. The number of rotatable bonds is 7. The maximum atomic E-state index is 12.0. The van der Waals surface area contributed by atoms with Crippen molar-refractivity contribution in [2.45, 2.75) is 33.0 Å². The first-order valence-electron chi connectivity index (χ1n) is 9.23. The van der Waals surface area contributed by atoms with Crippen molar-refractivity contribution in [2.24, 2.45) is 0 Å². The van der Waals surface area contributed by atoms with E-state index in [-0.39, 0.29) is 45.6 Å². The van der Waals surface area contributed by atoms with Crippen LogP contribution in [0.25, 0.3) is 0 Å². The minimum atomic E-state index is -0.417. The normalized spacial score (nSPS) is 10.5. The Balaban J connectivity index is 0. The second-order valence-electron chi connectivity index (χ2n) is 7.28. The van der Waals surface area contributed by atoms with Crippen molar-refractivity contribution in [3.8, 4) is 11.5 Å². The summed E-state index contributed by atoms with van der Waals surface area (Å²) in [7, 11) is 3.80. The fraction of sp³-hybridized carbons (Fsp3) is 0.429. The van der Waals surface area contributed by atoms with E-state index >= 15 is 0 Å². The van der Waals surface area contributed by atoms with Gasteiger partial charge in [0.15, 0.2) is 0 Å². The number of hydrogen-bond donors (Lipinski definition) is 0. The number of nitrogens with zero attached hydrogens (tertiary/aromatic N) is 2. The summed E-state index contributed by atoms with van der Waals surface area (Å²) < 4.78 is 0. The summed E-state index contributed by atoms with van der Waals surface area (Å²) in [6, 6.07) is 6.15. The first kappa shape index (κ1) is 33.8. The zero-order valence-electron chi connectivity index (χ0n) is 18.2. The molecule has 0 saturated heterocycles. The quantitative estimate of drug-likeness (QED) is 0.513. The van der Waals surface area contributed by atoms with Gasteiger partial charge in [-0.2, -0.15) is 0 Å². The van der Waals surface area contributed by atoms with Gasteiger partial charge in [-0.05, 0) is 49.5 Å². The zero-order chi connectivity index (χ0) is 23.0. The van der Waals surface area contributed by atoms with Gasteiger partial charge in [0.1, 0.15) is 0 Å². The molecule has 1 radical (unpaired) electrons. The van der Waals surface area contributed by atoms with Crippen LogP contribution in [-0.2, 0) is 37.1 Å². The summed E-state index contributed by atoms with van der Waals surface area (Å²) in [6.07, 6.45) is -0.417. The second-order valence-corrected chi connectivity index (χ2v) is 8.96. The summed E-state index contributed by atoms with van der Waals surface area (Å²) in [5.74, 6) is -0.415. The summed E-state index contributed by atoms with van der Waals surface area (Å²) >= 11 is 23.7. The molecule has 0 atom stereocenters. The van der Waals surface area contributed by atoms with Crippen LogP contribution >= 0.6 is 46.4 Å². The zero-order valence-corrected chi connectivity index (χ0v) is 22.6. The summed E-state index contributed by atoms with van der Waals surface area (Å²) in [5, 5.41) is 34.8. The molecule has 11 heteroatoms. The molecule has 0 aliphatic rings. The van der Waals surface area contributed by atoms with Gasteiger partial charge >= 0.3 is 0 Å². The molecule has 0 saturated carbocycles. The molecule has 181 valence electrons. The maximum Gasteiger partial charge on any atom is 0.0423 e. The summed E-state index contributed by atoms with van der Waals surface area (Å²) in [5.41, 5.74) is 1.10. The number of halogens is 4. The van der Waals surface area contributed by atoms with Crippen LogP contribution in [0.4, 0.5) is 0 Å². The van der Waals surface area contributed by atoms with E-state index < -0.39 is 6.10 Å². The first-order chi connectivity index (χ1) is 13.9. The van der Waals surface area contributed by atoms with E-state index in [9.17, 15) is 15.3 Å². The monoisotopic (exact) mass is 560 g/mol. The predicted molar refractivity (Wildman–Crippen MR) is 120 cm³/mol. The summed E-state index contributed by atoms with van der Waals surface area (Å²) in [6.45, 7) is 5.45. The molecule has 2 aromatic rings. The van der Waals surface area contributed by atoms with Crippen LogP contribution in [0, 0.1) is 0 Å². The molecule has 0 fully saturated rings. The van der Waals surface area contributed by atoms with Crippen LogP contribution in [0.5, 0.6) is 11.5 Å². The third-order valence-corrected chi connectivity index (χ3v) is 4.91. The van der Waals surface area contributed by atoms with Crippen LogP contribution in [0.15, 0.2) is 24.3 Å². The van der Waals surface area contributed by atoms with Gasteiger partial charge in [0.05, 0.1) is 0 Å². The SMILES string of the molecule is CC(C)[O-].CN(CCN(C)Cc1cc(Cl)cc(Cl)c1[O-])Cc1cc(Cl)cc(Cl)c1[O-].[O-2].[V]. The third kappa shape index (κ3) is 12.2. The molecule has 2 rings (SSSR count). The molecular formula is C21H25Cl4N2O4V-5. The molecule has 6 nitrogen and oxygen atoms in total. The summed E-state index contributed by atoms with van der Waals surface area (Å²) in [4.78, 5) is 3.98. The van der Waals surface area contributed by atoms with Crippen molar-refractivity contribution in [3.05, 3.63) is 55.5 Å². The molecule has 0 heterocycles. The van der Waals surface area contributed by atoms with Gasteiger partial charge in [-0.15, -0.1) is 6.10 Å². The molecular weight excluding hydrogens is 537 g/mol. The minimum Gasteiger partial charge on any atom is -2.00 e. The molecule has 0 bridgehead atoms. The van der Waals surface area contributed by atoms with E-state index in [4.69, 9.17) is 46.4 Å². The topological polar surface area (TPSA) is 104 Å². The number of hydrogen-bond acceptors (Lipinski definition) is 5. The van der Waals surface area contributed by atoms with Gasteiger partial charge in [-0.3, -0.25) is 0 Å². The molecule has 0 spiro atoms. The van der Waals surface area contributed by atoms with Crippen LogP contribution in [0.3, 0.4) is 0 Å². The Hall–Kier alpha value is -0.376. The van der Waals surface area contributed by atoms with Crippen molar-refractivity contribution in [1.82, 2.24) is 9.80 Å². The number of likely N-dealkylation sites (N-methyl/N-ethyl adjacent to an activating group) is 2. The van der Waals surface area contributed by atoms with E-state index in [1.807, 2.05) is 23.9 Å². The van der Waals surface area contributed by atoms with Gasteiger partial charge in [0.25, 0.3) is 0 Å². The molecule has 0 N–H and O–H groups in total. The molecule has 0 aliphatic heterocycles.